The Labute approximate surface area is 197 Å². The fraction of sp³-hybridized carbons (Fsp3) is 0.310. The molecule has 0 aliphatic heterocycles. The first-order valence-corrected chi connectivity index (χ1v) is 11.6. The van der Waals surface area contributed by atoms with E-state index in [-0.39, 0.29) is 23.8 Å². The van der Waals surface area contributed by atoms with Gasteiger partial charge in [-0.3, -0.25) is 9.59 Å². The van der Waals surface area contributed by atoms with Crippen molar-refractivity contribution in [2.45, 2.75) is 58.7 Å². The predicted molar refractivity (Wildman–Crippen MR) is 134 cm³/mol. The largest absolute Gasteiger partial charge is 0.352 e. The van der Waals surface area contributed by atoms with E-state index in [1.54, 1.807) is 4.90 Å². The monoisotopic (exact) mass is 442 g/mol. The quantitative estimate of drug-likeness (QED) is 0.478. The van der Waals surface area contributed by atoms with Crippen molar-refractivity contribution in [3.63, 3.8) is 0 Å². The number of carbonyl (C=O) groups is 2. The van der Waals surface area contributed by atoms with E-state index in [9.17, 15) is 9.59 Å². The van der Waals surface area contributed by atoms with Gasteiger partial charge in [-0.2, -0.15) is 0 Å². The fourth-order valence-corrected chi connectivity index (χ4v) is 4.05. The molecule has 3 aromatic carbocycles. The number of amides is 2. The normalized spacial score (nSPS) is 11.9. The van der Waals surface area contributed by atoms with E-state index in [0.717, 1.165) is 22.3 Å². The lowest BCUT2D eigenvalue weighted by molar-refractivity contribution is -0.141. The van der Waals surface area contributed by atoms with Crippen LogP contribution in [0.5, 0.6) is 0 Å². The molecule has 0 heterocycles. The highest BCUT2D eigenvalue weighted by Crippen LogP contribution is 2.29. The Kier molecular flexibility index (Phi) is 8.42. The minimum Gasteiger partial charge on any atom is -0.352 e. The van der Waals surface area contributed by atoms with E-state index in [4.69, 9.17) is 0 Å². The fourth-order valence-electron chi connectivity index (χ4n) is 4.05. The molecule has 3 rings (SSSR count). The molecule has 0 spiro atoms. The smallest absolute Gasteiger partial charge is 0.242 e. The molecular formula is C29H34N2O2. The van der Waals surface area contributed by atoms with Gasteiger partial charge in [0.2, 0.25) is 11.8 Å². The van der Waals surface area contributed by atoms with E-state index >= 15 is 0 Å². The maximum atomic E-state index is 13.8. The Morgan fingerprint density at radius 2 is 1.30 bits per heavy atom. The van der Waals surface area contributed by atoms with E-state index in [2.05, 4.69) is 29.6 Å². The van der Waals surface area contributed by atoms with Gasteiger partial charge in [0, 0.05) is 24.9 Å². The van der Waals surface area contributed by atoms with Crippen molar-refractivity contribution in [3.8, 4) is 0 Å². The van der Waals surface area contributed by atoms with Gasteiger partial charge in [-0.15, -0.1) is 0 Å². The summed E-state index contributed by atoms with van der Waals surface area (Å²) in [7, 11) is 0. The molecule has 33 heavy (non-hydrogen) atoms. The highest BCUT2D eigenvalue weighted by atomic mass is 16.2. The van der Waals surface area contributed by atoms with Crippen molar-refractivity contribution in [2.75, 3.05) is 0 Å². The number of rotatable bonds is 9. The third-order valence-corrected chi connectivity index (χ3v) is 5.98. The molecule has 1 atom stereocenters. The number of aryl methyl sites for hydroxylation is 1. The molecule has 1 N–H and O–H groups in total. The molecule has 1 unspecified atom stereocenters. The molecule has 0 bridgehead atoms. The molecule has 0 aliphatic carbocycles. The Balaban J connectivity index is 1.93. The standard InChI is InChI=1S/C29H34N2O2/c1-21(2)30-29(33)23(4)31(20-26-18-12-11-13-22(26)3)28(32)19-27(24-14-7-5-8-15-24)25-16-9-6-10-17-25/h5-18,21,23,27H,19-20H2,1-4H3,(H,30,33). The van der Waals surface area contributed by atoms with Gasteiger partial charge >= 0.3 is 0 Å². The second-order valence-corrected chi connectivity index (χ2v) is 8.87. The van der Waals surface area contributed by atoms with Crippen molar-refractivity contribution in [3.05, 3.63) is 107 Å². The van der Waals surface area contributed by atoms with Gasteiger partial charge in [0.15, 0.2) is 0 Å². The van der Waals surface area contributed by atoms with Gasteiger partial charge in [0.25, 0.3) is 0 Å². The zero-order chi connectivity index (χ0) is 23.8. The lowest BCUT2D eigenvalue weighted by atomic mass is 9.88. The van der Waals surface area contributed by atoms with E-state index < -0.39 is 6.04 Å². The van der Waals surface area contributed by atoms with Crippen LogP contribution in [0.2, 0.25) is 0 Å². The zero-order valence-corrected chi connectivity index (χ0v) is 20.0. The summed E-state index contributed by atoms with van der Waals surface area (Å²) in [4.78, 5) is 28.4. The number of carbonyl (C=O) groups excluding carboxylic acids is 2. The third kappa shape index (κ3) is 6.55. The molecule has 0 aromatic heterocycles. The summed E-state index contributed by atoms with van der Waals surface area (Å²) in [5.41, 5.74) is 4.33. The Hall–Kier alpha value is -3.40. The summed E-state index contributed by atoms with van der Waals surface area (Å²) < 4.78 is 0. The maximum Gasteiger partial charge on any atom is 0.242 e. The molecule has 4 heteroatoms. The Morgan fingerprint density at radius 1 is 0.788 bits per heavy atom. The average Bonchev–Trinajstić information content (AvgIpc) is 2.82. The second-order valence-electron chi connectivity index (χ2n) is 8.87. The SMILES string of the molecule is Cc1ccccc1CN(C(=O)CC(c1ccccc1)c1ccccc1)C(C)C(=O)NC(C)C. The molecule has 0 radical (unpaired) electrons. The van der Waals surface area contributed by atoms with Crippen LogP contribution in [0.1, 0.15) is 55.4 Å². The number of nitrogens with one attached hydrogen (secondary N) is 1. The average molecular weight is 443 g/mol. The van der Waals surface area contributed by atoms with Gasteiger partial charge in [-0.25, -0.2) is 0 Å². The van der Waals surface area contributed by atoms with Crippen LogP contribution in [0.15, 0.2) is 84.9 Å². The van der Waals surface area contributed by atoms with Crippen molar-refractivity contribution < 1.29 is 9.59 Å². The third-order valence-electron chi connectivity index (χ3n) is 5.98. The van der Waals surface area contributed by atoms with E-state index in [0.29, 0.717) is 13.0 Å². The summed E-state index contributed by atoms with van der Waals surface area (Å²) in [5.74, 6) is -0.259. The van der Waals surface area contributed by atoms with Gasteiger partial charge < -0.3 is 10.2 Å². The number of benzene rings is 3. The summed E-state index contributed by atoms with van der Waals surface area (Å²) in [5, 5.41) is 2.96. The Bertz CT molecular complexity index is 1010. The van der Waals surface area contributed by atoms with Crippen LogP contribution in [-0.2, 0) is 16.1 Å². The number of nitrogens with zero attached hydrogens (tertiary/aromatic N) is 1. The van der Waals surface area contributed by atoms with Crippen molar-refractivity contribution in [1.29, 1.82) is 0 Å². The first kappa shape index (κ1) is 24.2. The van der Waals surface area contributed by atoms with Gasteiger partial charge in [-0.1, -0.05) is 84.9 Å². The number of hydrogen-bond acceptors (Lipinski definition) is 2. The van der Waals surface area contributed by atoms with E-state index in [1.807, 2.05) is 88.4 Å². The highest BCUT2D eigenvalue weighted by molar-refractivity contribution is 5.88. The van der Waals surface area contributed by atoms with Gasteiger partial charge in [0.1, 0.15) is 6.04 Å². The lowest BCUT2D eigenvalue weighted by Gasteiger charge is -2.31. The molecule has 3 aromatic rings. The van der Waals surface area contributed by atoms with Crippen molar-refractivity contribution in [1.82, 2.24) is 10.2 Å². The molecule has 172 valence electrons. The first-order chi connectivity index (χ1) is 15.9. The van der Waals surface area contributed by atoms with Crippen LogP contribution >= 0.6 is 0 Å². The molecule has 4 nitrogen and oxygen atoms in total. The van der Waals surface area contributed by atoms with Gasteiger partial charge in [-0.05, 0) is 49.9 Å². The molecule has 2 amide bonds. The minimum absolute atomic E-state index is 0.0109. The molecule has 0 saturated heterocycles. The second kappa shape index (κ2) is 11.5. The number of hydrogen-bond donors (Lipinski definition) is 1. The van der Waals surface area contributed by atoms with Crippen LogP contribution in [0.4, 0.5) is 0 Å². The van der Waals surface area contributed by atoms with Crippen LogP contribution in [0.25, 0.3) is 0 Å². The molecule has 0 saturated carbocycles. The Morgan fingerprint density at radius 3 is 1.82 bits per heavy atom. The van der Waals surface area contributed by atoms with Crippen LogP contribution in [-0.4, -0.2) is 28.8 Å². The maximum absolute atomic E-state index is 13.8. The summed E-state index contributed by atoms with van der Waals surface area (Å²) in [6.07, 6.45) is 0.291. The predicted octanol–water partition coefficient (Wildman–Crippen LogP) is 5.46. The molecule has 0 aliphatic rings. The van der Waals surface area contributed by atoms with E-state index in [1.165, 1.54) is 0 Å². The highest BCUT2D eigenvalue weighted by Gasteiger charge is 2.29. The molecule has 0 fully saturated rings. The van der Waals surface area contributed by atoms with Crippen LogP contribution in [0.3, 0.4) is 0 Å². The summed E-state index contributed by atoms with van der Waals surface area (Å²) in [6.45, 7) is 8.11. The van der Waals surface area contributed by atoms with Gasteiger partial charge in [0.05, 0.1) is 0 Å². The first-order valence-electron chi connectivity index (χ1n) is 11.6. The van der Waals surface area contributed by atoms with Crippen LogP contribution < -0.4 is 5.32 Å². The zero-order valence-electron chi connectivity index (χ0n) is 20.0. The minimum atomic E-state index is -0.577. The topological polar surface area (TPSA) is 49.4 Å². The van der Waals surface area contributed by atoms with Crippen molar-refractivity contribution >= 4 is 11.8 Å². The molecular weight excluding hydrogens is 408 g/mol. The summed E-state index contributed by atoms with van der Waals surface area (Å²) >= 11 is 0. The van der Waals surface area contributed by atoms with Crippen molar-refractivity contribution in [2.24, 2.45) is 0 Å². The summed E-state index contributed by atoms with van der Waals surface area (Å²) in [6, 6.07) is 27.7. The lowest BCUT2D eigenvalue weighted by Crippen LogP contribution is -2.49. The van der Waals surface area contributed by atoms with Crippen LogP contribution in [0, 0.1) is 6.92 Å².